The van der Waals surface area contributed by atoms with Crippen molar-refractivity contribution >= 4 is 0 Å². The Morgan fingerprint density at radius 3 is 2.11 bits per heavy atom. The molecule has 0 aromatic heterocycles. The Morgan fingerprint density at radius 2 is 1.78 bits per heavy atom. The summed E-state index contributed by atoms with van der Waals surface area (Å²) in [5.41, 5.74) is 0. The van der Waals surface area contributed by atoms with Gasteiger partial charge < -0.3 is 5.11 Å². The molecule has 0 heterocycles. The van der Waals surface area contributed by atoms with Crippen LogP contribution in [-0.2, 0) is 0 Å². The van der Waals surface area contributed by atoms with E-state index in [9.17, 15) is 5.11 Å². The summed E-state index contributed by atoms with van der Waals surface area (Å²) in [6, 6.07) is 0. The molecule has 0 aromatic rings. The molecule has 0 amide bonds. The summed E-state index contributed by atoms with van der Waals surface area (Å²) < 4.78 is 0. The Labute approximate surface area is 99.6 Å². The van der Waals surface area contributed by atoms with Crippen molar-refractivity contribution in [3.05, 3.63) is 0 Å². The Bertz CT molecular complexity index is 65.3. The first kappa shape index (κ1) is 10.6. The van der Waals surface area contributed by atoms with Crippen molar-refractivity contribution in [2.45, 2.75) is 38.7 Å². The molecule has 0 aromatic carbocycles. The smallest absolute Gasteiger partial charge is 0.852 e. The number of hydrogen-bond acceptors (Lipinski definition) is 1. The number of hydrogen-bond donors (Lipinski definition) is 0. The molecule has 48 valence electrons. The maximum atomic E-state index is 10.9. The van der Waals surface area contributed by atoms with Gasteiger partial charge in [-0.3, -0.25) is 0 Å². The molecule has 1 aliphatic rings. The van der Waals surface area contributed by atoms with Gasteiger partial charge in [-0.25, -0.2) is 0 Å². The Balaban J connectivity index is 0.000000640. The van der Waals surface area contributed by atoms with Gasteiger partial charge in [0.15, 0.2) is 0 Å². The average Bonchev–Trinajstić information content (AvgIpc) is 1.77. The molecule has 2 heteroatoms. The van der Waals surface area contributed by atoms with Crippen molar-refractivity contribution in [3.63, 3.8) is 0 Å². The fourth-order valence-electron chi connectivity index (χ4n) is 1.28. The molecule has 0 aliphatic heterocycles. The van der Waals surface area contributed by atoms with E-state index in [1.165, 1.54) is 12.8 Å². The second-order valence-electron chi connectivity index (χ2n) is 2.80. The summed E-state index contributed by atoms with van der Waals surface area (Å²) in [5.74, 6) is 0.448. The molecule has 0 bridgehead atoms. The molecule has 0 N–H and O–H groups in total. The Hall–Kier alpha value is 1.60. The maximum Gasteiger partial charge on any atom is 1.00 e. The van der Waals surface area contributed by atoms with Gasteiger partial charge in [0.05, 0.1) is 0 Å². The van der Waals surface area contributed by atoms with Crippen molar-refractivity contribution in [2.75, 3.05) is 0 Å². The topological polar surface area (TPSA) is 23.1 Å². The van der Waals surface area contributed by atoms with Crippen LogP contribution in [0.2, 0.25) is 0 Å². The molecule has 1 saturated carbocycles. The first-order valence-corrected chi connectivity index (χ1v) is 3.46. The summed E-state index contributed by atoms with van der Waals surface area (Å²) in [6.07, 6.45) is 4.28. The van der Waals surface area contributed by atoms with Gasteiger partial charge in [0.25, 0.3) is 0 Å². The monoisotopic (exact) mass is 152 g/mol. The summed E-state index contributed by atoms with van der Waals surface area (Å²) in [6.45, 7) is 2.07. The van der Waals surface area contributed by atoms with Crippen LogP contribution in [0.5, 0.6) is 0 Å². The molecule has 2 atom stereocenters. The zero-order valence-electron chi connectivity index (χ0n) is 6.39. The van der Waals surface area contributed by atoms with Gasteiger partial charge in [-0.2, -0.15) is 0 Å². The molecule has 9 heavy (non-hydrogen) atoms. The van der Waals surface area contributed by atoms with Gasteiger partial charge >= 0.3 is 51.4 Å². The maximum absolute atomic E-state index is 10.9. The minimum Gasteiger partial charge on any atom is -0.852 e. The van der Waals surface area contributed by atoms with E-state index in [0.717, 1.165) is 12.8 Å². The predicted molar refractivity (Wildman–Crippen MR) is 31.4 cm³/mol. The van der Waals surface area contributed by atoms with E-state index in [2.05, 4.69) is 6.92 Å². The van der Waals surface area contributed by atoms with Crippen LogP contribution in [0.1, 0.15) is 32.6 Å². The van der Waals surface area contributed by atoms with E-state index in [0.29, 0.717) is 5.92 Å². The van der Waals surface area contributed by atoms with E-state index in [1.54, 1.807) is 0 Å². The molecule has 1 aliphatic carbocycles. The third-order valence-electron chi connectivity index (χ3n) is 2.03. The van der Waals surface area contributed by atoms with Crippen molar-refractivity contribution in [2.24, 2.45) is 5.92 Å². The molecule has 0 saturated heterocycles. The minimum absolute atomic E-state index is 0. The third kappa shape index (κ3) is 3.49. The normalized spacial score (nSPS) is 35.3. The zero-order valence-corrected chi connectivity index (χ0v) is 9.51. The molecular formula is C7H13KO. The standard InChI is InChI=1S/C7H13O.K/c1-6-4-2-3-5-7(6)8;/h6-7H,2-5H2,1H3;/q-1;+1. The van der Waals surface area contributed by atoms with E-state index in [4.69, 9.17) is 0 Å². The first-order valence-electron chi connectivity index (χ1n) is 3.46. The summed E-state index contributed by atoms with van der Waals surface area (Å²) in [7, 11) is 0. The SMILES string of the molecule is CC1CCCCC1[O-].[K+]. The van der Waals surface area contributed by atoms with E-state index in [-0.39, 0.29) is 57.5 Å². The van der Waals surface area contributed by atoms with E-state index >= 15 is 0 Å². The quantitative estimate of drug-likeness (QED) is 0.366. The minimum atomic E-state index is -0.247. The van der Waals surface area contributed by atoms with Crippen LogP contribution in [0, 0.1) is 5.92 Å². The van der Waals surface area contributed by atoms with Crippen LogP contribution < -0.4 is 56.5 Å². The molecule has 0 radical (unpaired) electrons. The second kappa shape index (κ2) is 5.27. The van der Waals surface area contributed by atoms with Crippen LogP contribution in [-0.4, -0.2) is 6.10 Å². The van der Waals surface area contributed by atoms with Crippen molar-refractivity contribution in [1.82, 2.24) is 0 Å². The van der Waals surface area contributed by atoms with Crippen LogP contribution in [0.4, 0.5) is 0 Å². The number of rotatable bonds is 0. The third-order valence-corrected chi connectivity index (χ3v) is 2.03. The molecule has 1 rings (SSSR count). The summed E-state index contributed by atoms with van der Waals surface area (Å²) >= 11 is 0. The summed E-state index contributed by atoms with van der Waals surface area (Å²) in [4.78, 5) is 0. The predicted octanol–water partition coefficient (Wildman–Crippen LogP) is -2.07. The molecule has 1 fully saturated rings. The fourth-order valence-corrected chi connectivity index (χ4v) is 1.28. The average molecular weight is 152 g/mol. The molecule has 1 nitrogen and oxygen atoms in total. The zero-order chi connectivity index (χ0) is 5.98. The Morgan fingerprint density at radius 1 is 1.22 bits per heavy atom. The van der Waals surface area contributed by atoms with Gasteiger partial charge in [-0.05, 0) is 0 Å². The van der Waals surface area contributed by atoms with Crippen molar-refractivity contribution in [3.8, 4) is 0 Å². The van der Waals surface area contributed by atoms with E-state index < -0.39 is 0 Å². The van der Waals surface area contributed by atoms with Gasteiger partial charge in [0.1, 0.15) is 0 Å². The van der Waals surface area contributed by atoms with Crippen LogP contribution in [0.25, 0.3) is 0 Å². The van der Waals surface area contributed by atoms with Crippen LogP contribution in [0.15, 0.2) is 0 Å². The van der Waals surface area contributed by atoms with Gasteiger partial charge in [0, 0.05) is 0 Å². The largest absolute Gasteiger partial charge is 1.00 e. The van der Waals surface area contributed by atoms with Gasteiger partial charge in [-0.15, -0.1) is 6.10 Å². The van der Waals surface area contributed by atoms with E-state index in [1.807, 2.05) is 0 Å². The molecule has 2 unspecified atom stereocenters. The summed E-state index contributed by atoms with van der Waals surface area (Å²) in [5, 5.41) is 10.9. The molecule has 0 spiro atoms. The Kier molecular flexibility index (Phi) is 6.21. The van der Waals surface area contributed by atoms with Crippen LogP contribution in [0.3, 0.4) is 0 Å². The van der Waals surface area contributed by atoms with Gasteiger partial charge in [-0.1, -0.05) is 38.5 Å². The molecular weight excluding hydrogens is 139 g/mol. The van der Waals surface area contributed by atoms with Crippen molar-refractivity contribution < 1.29 is 56.5 Å². The second-order valence-corrected chi connectivity index (χ2v) is 2.80. The first-order chi connectivity index (χ1) is 3.80. The van der Waals surface area contributed by atoms with Crippen molar-refractivity contribution in [1.29, 1.82) is 0 Å². The fraction of sp³-hybridized carbons (Fsp3) is 1.00. The van der Waals surface area contributed by atoms with Crippen LogP contribution >= 0.6 is 0 Å². The van der Waals surface area contributed by atoms with Gasteiger partial charge in [0.2, 0.25) is 0 Å².